The van der Waals surface area contributed by atoms with Crippen LogP contribution in [0.3, 0.4) is 0 Å². The van der Waals surface area contributed by atoms with Crippen molar-refractivity contribution in [3.8, 4) is 0 Å². The number of hydrogen-bond donors (Lipinski definition) is 0. The summed E-state index contributed by atoms with van der Waals surface area (Å²) >= 11 is 13.6. The molecule has 0 saturated heterocycles. The molecule has 0 fully saturated rings. The van der Waals surface area contributed by atoms with Gasteiger partial charge in [0, 0.05) is 0 Å². The van der Waals surface area contributed by atoms with Crippen molar-refractivity contribution in [3.63, 3.8) is 0 Å². The summed E-state index contributed by atoms with van der Waals surface area (Å²) in [4.78, 5) is 0. The third-order valence-corrected chi connectivity index (χ3v) is 103. The molecule has 0 unspecified atom stereocenters. The first-order valence-corrected chi connectivity index (χ1v) is 25.3. The van der Waals surface area contributed by atoms with Crippen molar-refractivity contribution >= 4 is 117 Å². The molecule has 0 N–H and O–H groups in total. The summed E-state index contributed by atoms with van der Waals surface area (Å²) in [5.41, 5.74) is 1.45. The highest BCUT2D eigenvalue weighted by molar-refractivity contribution is 14.4. The lowest BCUT2D eigenvalue weighted by molar-refractivity contribution is 0.867. The van der Waals surface area contributed by atoms with Gasteiger partial charge in [-0.1, -0.05) is 147 Å². The second kappa shape index (κ2) is 6.84. The SMILES string of the molecule is CC(C)c1ccc([Si](I)(I)[Si](I)(I)I)cc1. The number of benzene rings is 1. The molecule has 0 aromatic heterocycles. The Kier molecular flexibility index (Phi) is 7.42. The van der Waals surface area contributed by atoms with E-state index in [0.29, 0.717) is 5.92 Å². The van der Waals surface area contributed by atoms with Crippen LogP contribution in [0, 0.1) is 0 Å². The highest BCUT2D eigenvalue weighted by Gasteiger charge is 2.49. The fourth-order valence-electron chi connectivity index (χ4n) is 1.24. The van der Waals surface area contributed by atoms with E-state index in [1.807, 2.05) is 0 Å². The summed E-state index contributed by atoms with van der Waals surface area (Å²) in [5.74, 6) is 0.634. The average Bonchev–Trinajstić information content (AvgIpc) is 2.16. The van der Waals surface area contributed by atoms with Crippen LogP contribution in [0.15, 0.2) is 24.3 Å². The highest BCUT2D eigenvalue weighted by Crippen LogP contribution is 2.45. The molecule has 0 atom stereocenters. The third kappa shape index (κ3) is 4.41. The predicted octanol–water partition coefficient (Wildman–Crippen LogP) is 5.65. The highest BCUT2D eigenvalue weighted by atomic mass is 127. The van der Waals surface area contributed by atoms with E-state index in [4.69, 9.17) is 0 Å². The quantitative estimate of drug-likeness (QED) is 0.211. The van der Waals surface area contributed by atoms with Crippen LogP contribution in [0.25, 0.3) is 0 Å². The minimum absolute atomic E-state index is 0.634. The van der Waals surface area contributed by atoms with Gasteiger partial charge in [-0.25, -0.2) is 0 Å². The summed E-state index contributed by atoms with van der Waals surface area (Å²) in [5, 5.41) is 1.59. The minimum atomic E-state index is -1.30. The first-order chi connectivity index (χ1) is 7.16. The Balaban J connectivity index is 3.07. The average molecular weight is 810 g/mol. The number of hydrogen-bond acceptors (Lipinski definition) is 0. The second-order valence-electron chi connectivity index (χ2n) is 3.85. The van der Waals surface area contributed by atoms with Crippen LogP contribution in [0.5, 0.6) is 0 Å². The lowest BCUT2D eigenvalue weighted by Gasteiger charge is -2.26. The third-order valence-electron chi connectivity index (χ3n) is 2.30. The molecular weight excluding hydrogens is 799 g/mol. The van der Waals surface area contributed by atoms with Crippen LogP contribution in [0.2, 0.25) is 0 Å². The van der Waals surface area contributed by atoms with Crippen molar-refractivity contribution in [3.05, 3.63) is 29.8 Å². The van der Waals surface area contributed by atoms with E-state index in [0.717, 1.165) is 0 Å². The van der Waals surface area contributed by atoms with E-state index in [1.165, 1.54) is 5.56 Å². The van der Waals surface area contributed by atoms with E-state index in [1.54, 1.807) is 5.19 Å². The second-order valence-corrected chi connectivity index (χ2v) is 75.4. The molecule has 0 bridgehead atoms. The zero-order chi connectivity index (χ0) is 12.6. The fraction of sp³-hybridized carbons (Fsp3) is 0.333. The topological polar surface area (TPSA) is 0 Å². The van der Waals surface area contributed by atoms with Gasteiger partial charge in [-0.3, -0.25) is 0 Å². The van der Waals surface area contributed by atoms with Gasteiger partial charge in [0.25, 0.3) is 0.0813 Å². The molecule has 16 heavy (non-hydrogen) atoms. The molecule has 0 heterocycles. The Morgan fingerprint density at radius 2 is 1.31 bits per heavy atom. The van der Waals surface area contributed by atoms with Gasteiger partial charge in [0.15, 0.2) is 0 Å². The Morgan fingerprint density at radius 1 is 0.875 bits per heavy atom. The zero-order valence-electron chi connectivity index (χ0n) is 8.78. The van der Waals surface area contributed by atoms with Gasteiger partial charge in [-0.05, 0) is 16.7 Å². The van der Waals surface area contributed by atoms with Crippen molar-refractivity contribution in [2.45, 2.75) is 19.8 Å². The van der Waals surface area contributed by atoms with Gasteiger partial charge >= 0.3 is 0 Å². The fourth-order valence-corrected chi connectivity index (χ4v) is 14.2. The first-order valence-electron chi connectivity index (χ1n) is 4.71. The Labute approximate surface area is 163 Å². The lowest BCUT2D eigenvalue weighted by Crippen LogP contribution is -2.50. The molecule has 0 aliphatic rings. The molecule has 1 rings (SSSR count). The molecule has 0 amide bonds. The molecule has 0 aliphatic carbocycles. The summed E-state index contributed by atoms with van der Waals surface area (Å²) in [6, 6.07) is 9.34. The number of rotatable bonds is 3. The van der Waals surface area contributed by atoms with Crippen molar-refractivity contribution < 1.29 is 0 Å². The maximum Gasteiger partial charge on any atom is 0.269 e. The van der Waals surface area contributed by atoms with Gasteiger partial charge in [-0.2, -0.15) is 0 Å². The minimum Gasteiger partial charge on any atom is -0.0992 e. The van der Waals surface area contributed by atoms with E-state index >= 15 is 0 Å². The smallest absolute Gasteiger partial charge is 0.0992 e. The molecule has 0 aliphatic heterocycles. The van der Waals surface area contributed by atoms with Gasteiger partial charge < -0.3 is 0 Å². The molecule has 0 spiro atoms. The molecule has 0 saturated carbocycles. The lowest BCUT2D eigenvalue weighted by atomic mass is 10.0. The molecule has 90 valence electrons. The van der Waals surface area contributed by atoms with Crippen molar-refractivity contribution in [2.75, 3.05) is 0 Å². The summed E-state index contributed by atoms with van der Waals surface area (Å²) in [7, 11) is 0. The summed E-state index contributed by atoms with van der Waals surface area (Å²) < 4.78 is -2.45. The summed E-state index contributed by atoms with van der Waals surface area (Å²) in [6.45, 7) is 4.50. The Morgan fingerprint density at radius 3 is 1.62 bits per heavy atom. The van der Waals surface area contributed by atoms with Crippen LogP contribution in [0.1, 0.15) is 25.3 Å². The van der Waals surface area contributed by atoms with Crippen molar-refractivity contribution in [1.82, 2.24) is 0 Å². The van der Waals surface area contributed by atoms with Gasteiger partial charge in [0.2, 0.25) is 2.58 Å². The van der Waals surface area contributed by atoms with Crippen LogP contribution in [0.4, 0.5) is 0 Å². The molecular formula is C9H11I5Si2. The molecule has 1 aromatic carbocycles. The largest absolute Gasteiger partial charge is 0.269 e. The summed E-state index contributed by atoms with van der Waals surface area (Å²) in [6.07, 6.45) is 0. The van der Waals surface area contributed by atoms with E-state index in [-0.39, 0.29) is 0 Å². The first kappa shape index (κ1) is 17.4. The molecule has 0 nitrogen and oxygen atoms in total. The van der Waals surface area contributed by atoms with Gasteiger partial charge in [0.1, 0.15) is 0 Å². The van der Waals surface area contributed by atoms with Gasteiger partial charge in [-0.15, -0.1) is 0 Å². The van der Waals surface area contributed by atoms with E-state index < -0.39 is 2.67 Å². The van der Waals surface area contributed by atoms with Crippen molar-refractivity contribution in [2.24, 2.45) is 0 Å². The normalized spacial score (nSPS) is 13.2. The maximum absolute atomic E-state index is 2.74. The van der Waals surface area contributed by atoms with Gasteiger partial charge in [0.05, 0.1) is 0 Å². The number of halogens is 5. The standard InChI is InChI=1S/C9H11I5Si2/c1-7(2)8-3-5-9(6-4-8)15(10,11)16(12,13)14/h3-7H,1-2H3. The maximum atomic E-state index is 2.74. The predicted molar refractivity (Wildman–Crippen MR) is 122 cm³/mol. The van der Waals surface area contributed by atoms with Crippen LogP contribution < -0.4 is 5.19 Å². The van der Waals surface area contributed by atoms with E-state index in [9.17, 15) is 0 Å². The van der Waals surface area contributed by atoms with Crippen LogP contribution in [-0.4, -0.2) is 2.67 Å². The van der Waals surface area contributed by atoms with Crippen LogP contribution >= 0.6 is 109 Å². The zero-order valence-corrected chi connectivity index (χ0v) is 21.6. The molecule has 1 aromatic rings. The van der Waals surface area contributed by atoms with E-state index in [2.05, 4.69) is 147 Å². The Bertz CT molecular complexity index is 355. The van der Waals surface area contributed by atoms with Crippen molar-refractivity contribution in [1.29, 1.82) is 0 Å². The monoisotopic (exact) mass is 810 g/mol. The molecule has 0 radical (unpaired) electrons. The Hall–Kier alpha value is 3.30. The molecule has 7 heteroatoms. The van der Waals surface area contributed by atoms with Crippen LogP contribution in [-0.2, 0) is 0 Å².